The molecule has 8 atom stereocenters. The number of carboxylic acid groups (broad SMARTS) is 1. The lowest BCUT2D eigenvalue weighted by atomic mass is 9.50. The molecule has 1 heterocycles. The fourth-order valence-corrected chi connectivity index (χ4v) is 6.66. The Balaban J connectivity index is 1.28. The second-order valence-corrected chi connectivity index (χ2v) is 8.56. The molecule has 134 valence electrons. The molecule has 0 bridgehead atoms. The summed E-state index contributed by atoms with van der Waals surface area (Å²) in [6.07, 6.45) is 11.0. The molecule has 0 unspecified atom stereocenters. The first-order chi connectivity index (χ1) is 12.7. The first-order valence-corrected chi connectivity index (χ1v) is 9.69. The smallest absolute Gasteiger partial charge is 0.310 e. The number of hydrogen-bond donors (Lipinski definition) is 1. The van der Waals surface area contributed by atoms with Crippen LogP contribution in [0.4, 0.5) is 0 Å². The number of benzene rings is 1. The third-order valence-corrected chi connectivity index (χ3v) is 7.64. The molecule has 4 aliphatic carbocycles. The van der Waals surface area contributed by atoms with Crippen molar-refractivity contribution in [2.45, 2.75) is 12.8 Å². The van der Waals surface area contributed by atoms with E-state index in [1.165, 1.54) is 12.0 Å². The minimum absolute atomic E-state index is 0.195. The summed E-state index contributed by atoms with van der Waals surface area (Å²) in [5.41, 5.74) is 1.32. The maximum Gasteiger partial charge on any atom is 0.310 e. The summed E-state index contributed by atoms with van der Waals surface area (Å²) >= 11 is 0. The first kappa shape index (κ1) is 14.9. The summed E-state index contributed by atoms with van der Waals surface area (Å²) in [7, 11) is 0. The van der Waals surface area contributed by atoms with E-state index in [1.807, 2.05) is 12.1 Å². The van der Waals surface area contributed by atoms with E-state index < -0.39 is 5.97 Å². The standard InChI is InChI=1S/C22H22O4/c23-22(24)15-3-2-12-9-17-16(14-5-4-13(15)20(12)21(14)17)7-11-1-6-18-19(8-11)26-10-25-18/h1-6,8,12-17,20-21H,7,9-10H2,(H,23,24)/t12-,13+,14-,15-,16-,17+,20-,21-/m1/s1. The van der Waals surface area contributed by atoms with Gasteiger partial charge in [-0.05, 0) is 72.0 Å². The molecule has 5 aliphatic rings. The molecule has 0 saturated heterocycles. The van der Waals surface area contributed by atoms with Crippen LogP contribution in [0.25, 0.3) is 0 Å². The highest BCUT2D eigenvalue weighted by Crippen LogP contribution is 2.67. The van der Waals surface area contributed by atoms with Gasteiger partial charge in [-0.15, -0.1) is 0 Å². The van der Waals surface area contributed by atoms with Crippen LogP contribution >= 0.6 is 0 Å². The summed E-state index contributed by atoms with van der Waals surface area (Å²) < 4.78 is 11.0. The van der Waals surface area contributed by atoms with E-state index in [0.29, 0.717) is 36.4 Å². The molecular weight excluding hydrogens is 328 g/mol. The summed E-state index contributed by atoms with van der Waals surface area (Å²) in [6.45, 7) is 0.320. The van der Waals surface area contributed by atoms with Crippen molar-refractivity contribution in [1.29, 1.82) is 0 Å². The minimum Gasteiger partial charge on any atom is -0.481 e. The molecule has 4 heteroatoms. The van der Waals surface area contributed by atoms with Crippen LogP contribution in [-0.4, -0.2) is 17.9 Å². The van der Waals surface area contributed by atoms with Gasteiger partial charge in [0, 0.05) is 0 Å². The van der Waals surface area contributed by atoms with Crippen molar-refractivity contribution in [3.05, 3.63) is 48.1 Å². The molecular formula is C22H22O4. The topological polar surface area (TPSA) is 55.8 Å². The monoisotopic (exact) mass is 350 g/mol. The largest absolute Gasteiger partial charge is 0.481 e. The van der Waals surface area contributed by atoms with E-state index in [2.05, 4.69) is 30.4 Å². The van der Waals surface area contributed by atoms with E-state index in [0.717, 1.165) is 23.8 Å². The van der Waals surface area contributed by atoms with Gasteiger partial charge < -0.3 is 14.6 Å². The summed E-state index contributed by atoms with van der Waals surface area (Å²) in [4.78, 5) is 11.6. The molecule has 2 fully saturated rings. The number of hydrogen-bond acceptors (Lipinski definition) is 3. The third kappa shape index (κ3) is 1.88. The van der Waals surface area contributed by atoms with Gasteiger partial charge in [-0.25, -0.2) is 0 Å². The van der Waals surface area contributed by atoms with Crippen LogP contribution in [0.1, 0.15) is 12.0 Å². The summed E-state index contributed by atoms with van der Waals surface area (Å²) in [5, 5.41) is 9.56. The molecule has 2 saturated carbocycles. The van der Waals surface area contributed by atoms with Crippen molar-refractivity contribution in [2.24, 2.45) is 47.3 Å². The number of carbonyl (C=O) groups is 1. The molecule has 1 aliphatic heterocycles. The highest BCUT2D eigenvalue weighted by Gasteiger charge is 2.62. The minimum atomic E-state index is -0.674. The van der Waals surface area contributed by atoms with E-state index in [4.69, 9.17) is 9.47 Å². The molecule has 1 N–H and O–H groups in total. The lowest BCUT2D eigenvalue weighted by molar-refractivity contribution is -0.143. The number of allylic oxidation sites excluding steroid dienone is 3. The quantitative estimate of drug-likeness (QED) is 0.848. The Kier molecular flexibility index (Phi) is 2.95. The normalized spacial score (nSPS) is 43.1. The maximum absolute atomic E-state index is 11.6. The summed E-state index contributed by atoms with van der Waals surface area (Å²) in [6, 6.07) is 6.32. The van der Waals surface area contributed by atoms with E-state index in [9.17, 15) is 9.90 Å². The van der Waals surface area contributed by atoms with Gasteiger partial charge in [0.15, 0.2) is 11.5 Å². The average molecular weight is 350 g/mol. The lowest BCUT2D eigenvalue weighted by Crippen LogP contribution is -2.51. The average Bonchev–Trinajstić information content (AvgIpc) is 3.23. The van der Waals surface area contributed by atoms with Gasteiger partial charge in [-0.2, -0.15) is 0 Å². The Morgan fingerprint density at radius 2 is 1.88 bits per heavy atom. The van der Waals surface area contributed by atoms with Gasteiger partial charge >= 0.3 is 5.97 Å². The second-order valence-electron chi connectivity index (χ2n) is 8.56. The number of rotatable bonds is 3. The van der Waals surface area contributed by atoms with E-state index in [-0.39, 0.29) is 11.8 Å². The van der Waals surface area contributed by atoms with Gasteiger partial charge in [0.2, 0.25) is 6.79 Å². The zero-order chi connectivity index (χ0) is 17.4. The van der Waals surface area contributed by atoms with Crippen molar-refractivity contribution in [3.8, 4) is 11.5 Å². The zero-order valence-electron chi connectivity index (χ0n) is 14.5. The van der Waals surface area contributed by atoms with Gasteiger partial charge in [-0.1, -0.05) is 30.4 Å². The summed E-state index contributed by atoms with van der Waals surface area (Å²) in [5.74, 6) is 4.69. The van der Waals surface area contributed by atoms with E-state index >= 15 is 0 Å². The first-order valence-electron chi connectivity index (χ1n) is 9.69. The predicted molar refractivity (Wildman–Crippen MR) is 94.7 cm³/mol. The fraction of sp³-hybridized carbons (Fsp3) is 0.500. The highest BCUT2D eigenvalue weighted by atomic mass is 16.7. The number of aliphatic carboxylic acids is 1. The molecule has 0 amide bonds. The van der Waals surface area contributed by atoms with Crippen LogP contribution in [0.5, 0.6) is 11.5 Å². The Morgan fingerprint density at radius 1 is 1.04 bits per heavy atom. The highest BCUT2D eigenvalue weighted by molar-refractivity contribution is 5.73. The molecule has 0 radical (unpaired) electrons. The van der Waals surface area contributed by atoms with Crippen LogP contribution in [0.3, 0.4) is 0 Å². The lowest BCUT2D eigenvalue weighted by Gasteiger charge is -2.54. The van der Waals surface area contributed by atoms with Crippen LogP contribution in [0.15, 0.2) is 42.5 Å². The second kappa shape index (κ2) is 5.15. The van der Waals surface area contributed by atoms with Crippen molar-refractivity contribution in [2.75, 3.05) is 6.79 Å². The third-order valence-electron chi connectivity index (χ3n) is 7.64. The number of ether oxygens (including phenoxy) is 2. The molecule has 6 rings (SSSR count). The van der Waals surface area contributed by atoms with Gasteiger partial charge in [0.1, 0.15) is 0 Å². The van der Waals surface area contributed by atoms with Crippen LogP contribution in [0.2, 0.25) is 0 Å². The molecule has 4 nitrogen and oxygen atoms in total. The van der Waals surface area contributed by atoms with Crippen LogP contribution in [0, 0.1) is 47.3 Å². The van der Waals surface area contributed by atoms with Crippen molar-refractivity contribution in [1.82, 2.24) is 0 Å². The van der Waals surface area contributed by atoms with Gasteiger partial charge in [0.25, 0.3) is 0 Å². The SMILES string of the molecule is O=C(O)[C@@H]1C=C[C@@H]2C[C@H]3[C@H](Cc4ccc5c(c4)OCO5)[C@H]4C=C[C@@H]1[C@@H]2[C@H]43. The van der Waals surface area contributed by atoms with E-state index in [1.54, 1.807) is 0 Å². The number of carboxylic acids is 1. The number of fused-ring (bicyclic) bond motifs is 1. The molecule has 1 aromatic rings. The van der Waals surface area contributed by atoms with Crippen LogP contribution in [-0.2, 0) is 11.2 Å². The maximum atomic E-state index is 11.6. The Hall–Kier alpha value is -2.23. The Morgan fingerprint density at radius 3 is 2.77 bits per heavy atom. The Labute approximate surface area is 152 Å². The molecule has 1 aromatic carbocycles. The van der Waals surface area contributed by atoms with Crippen molar-refractivity contribution < 1.29 is 19.4 Å². The molecule has 26 heavy (non-hydrogen) atoms. The fourth-order valence-electron chi connectivity index (χ4n) is 6.66. The van der Waals surface area contributed by atoms with Gasteiger partial charge in [0.05, 0.1) is 5.92 Å². The van der Waals surface area contributed by atoms with Crippen LogP contribution < -0.4 is 9.47 Å². The van der Waals surface area contributed by atoms with Crippen molar-refractivity contribution in [3.63, 3.8) is 0 Å². The van der Waals surface area contributed by atoms with Crippen molar-refractivity contribution >= 4 is 5.97 Å². The predicted octanol–water partition coefficient (Wildman–Crippen LogP) is 3.53. The zero-order valence-corrected chi connectivity index (χ0v) is 14.5. The van der Waals surface area contributed by atoms with Gasteiger partial charge in [-0.3, -0.25) is 4.79 Å². The molecule has 0 spiro atoms. The Bertz CT molecular complexity index is 841. The molecule has 0 aromatic heterocycles.